The summed E-state index contributed by atoms with van der Waals surface area (Å²) < 4.78 is 12.7. The second kappa shape index (κ2) is 12.9. The zero-order valence-corrected chi connectivity index (χ0v) is 24.7. The first kappa shape index (κ1) is 28.7. The lowest BCUT2D eigenvalue weighted by Crippen LogP contribution is -2.42. The van der Waals surface area contributed by atoms with Gasteiger partial charge in [0.2, 0.25) is 11.8 Å². The molecule has 6 rings (SSSR count). The molecule has 2 saturated heterocycles. The van der Waals surface area contributed by atoms with Crippen LogP contribution in [0.25, 0.3) is 6.08 Å². The predicted octanol–water partition coefficient (Wildman–Crippen LogP) is 7.08. The van der Waals surface area contributed by atoms with Crippen LogP contribution in [0.15, 0.2) is 71.3 Å². The van der Waals surface area contributed by atoms with E-state index in [-0.39, 0.29) is 47.5 Å². The highest BCUT2D eigenvalue weighted by Gasteiger charge is 2.58. The lowest BCUT2D eigenvalue weighted by molar-refractivity contribution is -0.143. The van der Waals surface area contributed by atoms with Crippen molar-refractivity contribution in [3.63, 3.8) is 0 Å². The smallest absolute Gasteiger partial charge is 0.234 e. The largest absolute Gasteiger partial charge is 0.508 e. The molecule has 2 aliphatic heterocycles. The van der Waals surface area contributed by atoms with Gasteiger partial charge in [-0.25, -0.2) is 0 Å². The van der Waals surface area contributed by atoms with Crippen molar-refractivity contribution in [3.8, 4) is 11.5 Å². The van der Waals surface area contributed by atoms with Crippen LogP contribution in [0.1, 0.15) is 76.7 Å². The van der Waals surface area contributed by atoms with Crippen LogP contribution in [0.2, 0.25) is 0 Å². The maximum absolute atomic E-state index is 13.9. The second-order valence-electron chi connectivity index (χ2n) is 12.5. The van der Waals surface area contributed by atoms with Crippen molar-refractivity contribution in [1.29, 1.82) is 0 Å². The monoisotopic (exact) mass is 569 g/mol. The van der Waals surface area contributed by atoms with Crippen LogP contribution >= 0.6 is 0 Å². The molecule has 2 aliphatic carbocycles. The third-order valence-corrected chi connectivity index (χ3v) is 9.68. The van der Waals surface area contributed by atoms with Gasteiger partial charge in [0, 0.05) is 12.0 Å². The van der Waals surface area contributed by atoms with E-state index in [1.807, 2.05) is 42.5 Å². The number of hydrogen-bond donors (Lipinski definition) is 1. The summed E-state index contributed by atoms with van der Waals surface area (Å²) in [6, 6.07) is 17.2. The number of phenols is 1. The number of phenolic OH excluding ortho intramolecular Hbond substituents is 1. The number of ether oxygens (including phenoxy) is 2. The van der Waals surface area contributed by atoms with Crippen molar-refractivity contribution in [3.05, 3.63) is 76.9 Å². The highest BCUT2D eigenvalue weighted by atomic mass is 16.5. The number of likely N-dealkylation sites (tertiary alicyclic amines) is 1. The first-order valence-corrected chi connectivity index (χ1v) is 15.9. The molecule has 2 heterocycles. The highest BCUT2D eigenvalue weighted by Crippen LogP contribution is 2.51. The van der Waals surface area contributed by atoms with E-state index in [4.69, 9.17) is 9.47 Å². The van der Waals surface area contributed by atoms with Crippen LogP contribution in [-0.4, -0.2) is 47.2 Å². The van der Waals surface area contributed by atoms with E-state index in [9.17, 15) is 14.7 Å². The summed E-state index contributed by atoms with van der Waals surface area (Å²) in [4.78, 5) is 29.4. The average Bonchev–Trinajstić information content (AvgIpc) is 3.54. The highest BCUT2D eigenvalue weighted by molar-refractivity contribution is 6.06. The van der Waals surface area contributed by atoms with Crippen molar-refractivity contribution in [2.75, 3.05) is 13.2 Å². The fraction of sp³-hybridized carbons (Fsp3) is 0.500. The molecule has 6 nitrogen and oxygen atoms in total. The second-order valence-corrected chi connectivity index (χ2v) is 12.5. The quantitative estimate of drug-likeness (QED) is 0.244. The third-order valence-electron chi connectivity index (χ3n) is 9.68. The Morgan fingerprint density at radius 3 is 2.57 bits per heavy atom. The van der Waals surface area contributed by atoms with E-state index in [0.717, 1.165) is 68.3 Å². The number of rotatable bonds is 10. The van der Waals surface area contributed by atoms with Gasteiger partial charge in [0.1, 0.15) is 18.1 Å². The maximum atomic E-state index is 13.9. The van der Waals surface area contributed by atoms with Crippen LogP contribution in [0.5, 0.6) is 11.5 Å². The lowest BCUT2D eigenvalue weighted by Gasteiger charge is -2.32. The van der Waals surface area contributed by atoms with Gasteiger partial charge >= 0.3 is 0 Å². The summed E-state index contributed by atoms with van der Waals surface area (Å²) in [5.41, 5.74) is 4.65. The number of imide groups is 1. The molecule has 222 valence electrons. The number of para-hydroxylation sites is 1. The Bertz CT molecular complexity index is 1340. The topological polar surface area (TPSA) is 76.1 Å². The first-order chi connectivity index (χ1) is 20.5. The van der Waals surface area contributed by atoms with Crippen molar-refractivity contribution < 1.29 is 24.2 Å². The molecule has 0 bridgehead atoms. The maximum Gasteiger partial charge on any atom is 0.234 e. The Hall–Kier alpha value is -3.38. The number of allylic oxidation sites excluding steroid dienone is 1. The number of carbonyl (C=O) groups is 2. The molecule has 42 heavy (non-hydrogen) atoms. The first-order valence-electron chi connectivity index (χ1n) is 15.9. The SMILES string of the molecule is CCC/C(=C\c1cccc(O)c1)CC[C@H]1OC[C@H]2C1=C(COc1ccccc1)C[C@H]1C(=O)N(C3CCCCC3)C(=O)[C@H]12. The molecule has 0 aromatic heterocycles. The molecule has 0 unspecified atom stereocenters. The van der Waals surface area contributed by atoms with E-state index in [1.54, 1.807) is 17.0 Å². The van der Waals surface area contributed by atoms with Gasteiger partial charge in [0.25, 0.3) is 0 Å². The molecule has 1 N–H and O–H groups in total. The number of aromatic hydroxyl groups is 1. The van der Waals surface area contributed by atoms with Gasteiger partial charge in [-0.1, -0.05) is 74.6 Å². The Morgan fingerprint density at radius 1 is 1.00 bits per heavy atom. The average molecular weight is 570 g/mol. The molecular formula is C36H43NO5. The number of carbonyl (C=O) groups excluding carboxylic acids is 2. The Balaban J connectivity index is 1.26. The minimum absolute atomic E-state index is 0.0240. The van der Waals surface area contributed by atoms with Crippen molar-refractivity contribution in [2.24, 2.45) is 17.8 Å². The molecular weight excluding hydrogens is 526 g/mol. The Kier molecular flexibility index (Phi) is 8.80. The van der Waals surface area contributed by atoms with E-state index in [2.05, 4.69) is 13.0 Å². The summed E-state index contributed by atoms with van der Waals surface area (Å²) in [7, 11) is 0. The van der Waals surface area contributed by atoms with Crippen molar-refractivity contribution in [2.45, 2.75) is 83.3 Å². The molecule has 0 radical (unpaired) electrons. The zero-order valence-electron chi connectivity index (χ0n) is 24.7. The Morgan fingerprint density at radius 2 is 1.81 bits per heavy atom. The van der Waals surface area contributed by atoms with Crippen LogP contribution in [-0.2, 0) is 14.3 Å². The molecule has 2 aromatic rings. The molecule has 6 heteroatoms. The van der Waals surface area contributed by atoms with Gasteiger partial charge in [-0.15, -0.1) is 0 Å². The van der Waals surface area contributed by atoms with E-state index in [0.29, 0.717) is 19.6 Å². The van der Waals surface area contributed by atoms with Gasteiger partial charge < -0.3 is 14.6 Å². The van der Waals surface area contributed by atoms with Crippen molar-refractivity contribution >= 4 is 17.9 Å². The minimum atomic E-state index is -0.321. The summed E-state index contributed by atoms with van der Waals surface area (Å²) in [5.74, 6) is 0.418. The van der Waals surface area contributed by atoms with Crippen LogP contribution in [0.3, 0.4) is 0 Å². The van der Waals surface area contributed by atoms with Crippen molar-refractivity contribution in [1.82, 2.24) is 4.90 Å². The molecule has 4 aliphatic rings. The molecule has 2 aromatic carbocycles. The van der Waals surface area contributed by atoms with Gasteiger partial charge in [-0.2, -0.15) is 0 Å². The fourth-order valence-corrected chi connectivity index (χ4v) is 7.77. The number of nitrogens with zero attached hydrogens (tertiary/aromatic N) is 1. The van der Waals surface area contributed by atoms with Gasteiger partial charge in [0.15, 0.2) is 0 Å². The summed E-state index contributed by atoms with van der Waals surface area (Å²) in [6.45, 7) is 3.07. The van der Waals surface area contributed by atoms with Crippen LogP contribution in [0.4, 0.5) is 0 Å². The number of amides is 2. The molecule has 1 saturated carbocycles. The molecule has 4 atom stereocenters. The van der Waals surface area contributed by atoms with Crippen LogP contribution < -0.4 is 4.74 Å². The van der Waals surface area contributed by atoms with Crippen LogP contribution in [0, 0.1) is 17.8 Å². The fourth-order valence-electron chi connectivity index (χ4n) is 7.77. The Labute approximate surface area is 249 Å². The predicted molar refractivity (Wildman–Crippen MR) is 163 cm³/mol. The van der Waals surface area contributed by atoms with Gasteiger partial charge in [0.05, 0.1) is 24.5 Å². The number of benzene rings is 2. The van der Waals surface area contributed by atoms with E-state index < -0.39 is 0 Å². The zero-order chi connectivity index (χ0) is 29.1. The minimum Gasteiger partial charge on any atom is -0.508 e. The molecule has 2 amide bonds. The van der Waals surface area contributed by atoms with Gasteiger partial charge in [-0.05, 0) is 79.5 Å². The lowest BCUT2D eigenvalue weighted by atomic mass is 9.69. The standard InChI is InChI=1S/C36H43NO5/c1-2-10-24(19-25-11-9-14-28(38)20-25)17-18-32-33-26(22-41-29-15-7-4-8-16-29)21-30-34(31(33)23-42-32)36(40)37(35(30)39)27-12-5-3-6-13-27/h4,7-9,11,14-16,19-20,27,30-32,34,38H,2-3,5-6,10,12-13,17-18,21-23H2,1H3/b24-19+/t30-,31+,32-,34-/m1/s1. The molecule has 3 fully saturated rings. The third kappa shape index (κ3) is 5.92. The van der Waals surface area contributed by atoms with Gasteiger partial charge in [-0.3, -0.25) is 14.5 Å². The summed E-state index contributed by atoms with van der Waals surface area (Å²) in [6.07, 6.45) is 11.6. The van der Waals surface area contributed by atoms with E-state index in [1.165, 1.54) is 17.6 Å². The summed E-state index contributed by atoms with van der Waals surface area (Å²) in [5, 5.41) is 9.94. The normalized spacial score (nSPS) is 26.5. The molecule has 0 spiro atoms. The number of fused-ring (bicyclic) bond motifs is 3. The summed E-state index contributed by atoms with van der Waals surface area (Å²) >= 11 is 0. The van der Waals surface area contributed by atoms with E-state index >= 15 is 0 Å². The number of hydrogen-bond acceptors (Lipinski definition) is 5.